The molecule has 1 N–H and O–H groups in total. The lowest BCUT2D eigenvalue weighted by Crippen LogP contribution is -2.24. The average molecular weight is 365 g/mol. The lowest BCUT2D eigenvalue weighted by molar-refractivity contribution is -0.255. The van der Waals surface area contributed by atoms with Gasteiger partial charge in [-0.05, 0) is 36.8 Å². The molecule has 9 heteroatoms. The van der Waals surface area contributed by atoms with E-state index < -0.39 is 27.4 Å². The van der Waals surface area contributed by atoms with Crippen molar-refractivity contribution in [3.8, 4) is 0 Å². The van der Waals surface area contributed by atoms with Crippen LogP contribution in [0.2, 0.25) is 0 Å². The molecule has 3 aromatic rings. The minimum atomic E-state index is -4.11. The summed E-state index contributed by atoms with van der Waals surface area (Å²) in [5.74, 6) is -2.86. The summed E-state index contributed by atoms with van der Waals surface area (Å²) in [6.45, 7) is 1.85. The molecule has 0 saturated heterocycles. The summed E-state index contributed by atoms with van der Waals surface area (Å²) in [6, 6.07) is 7.95. The number of thiazole rings is 1. The molecule has 6 nitrogen and oxygen atoms in total. The molecule has 0 fully saturated rings. The molecule has 124 valence electrons. The maximum Gasteiger partial charge on any atom is 0.263 e. The van der Waals surface area contributed by atoms with Crippen molar-refractivity contribution in [1.29, 1.82) is 0 Å². The fourth-order valence-corrected chi connectivity index (χ4v) is 4.34. The van der Waals surface area contributed by atoms with E-state index in [4.69, 9.17) is 0 Å². The molecule has 0 amide bonds. The zero-order valence-corrected chi connectivity index (χ0v) is 13.9. The first-order valence-electron chi connectivity index (χ1n) is 6.68. The number of hydrogen-bond acceptors (Lipinski definition) is 6. The van der Waals surface area contributed by atoms with Gasteiger partial charge in [-0.15, -0.1) is 0 Å². The number of carbonyl (C=O) groups excluding carboxylic acids is 1. The third kappa shape index (κ3) is 2.95. The Labute approximate surface area is 140 Å². The lowest BCUT2D eigenvalue weighted by atomic mass is 10.2. The summed E-state index contributed by atoms with van der Waals surface area (Å²) in [7, 11) is -4.11. The largest absolute Gasteiger partial charge is 0.545 e. The zero-order valence-electron chi connectivity index (χ0n) is 12.2. The first kappa shape index (κ1) is 16.3. The first-order chi connectivity index (χ1) is 11.3. The van der Waals surface area contributed by atoms with Gasteiger partial charge in [0.15, 0.2) is 5.13 Å². The topological polar surface area (TPSA) is 99.2 Å². The van der Waals surface area contributed by atoms with Crippen LogP contribution in [0.15, 0.2) is 41.3 Å². The Balaban J connectivity index is 2.00. The van der Waals surface area contributed by atoms with Gasteiger partial charge in [0.2, 0.25) is 0 Å². The molecular weight excluding hydrogens is 355 g/mol. The van der Waals surface area contributed by atoms with Crippen LogP contribution in [0.4, 0.5) is 9.52 Å². The van der Waals surface area contributed by atoms with Crippen molar-refractivity contribution in [1.82, 2.24) is 4.98 Å². The van der Waals surface area contributed by atoms with E-state index in [1.54, 1.807) is 0 Å². The van der Waals surface area contributed by atoms with Crippen LogP contribution in [0.5, 0.6) is 0 Å². The van der Waals surface area contributed by atoms with Crippen LogP contribution in [0.1, 0.15) is 15.9 Å². The van der Waals surface area contributed by atoms with Crippen molar-refractivity contribution < 1.29 is 22.7 Å². The van der Waals surface area contributed by atoms with E-state index in [0.717, 1.165) is 33.7 Å². The van der Waals surface area contributed by atoms with Crippen molar-refractivity contribution in [2.75, 3.05) is 4.72 Å². The lowest BCUT2D eigenvalue weighted by Gasteiger charge is -2.08. The van der Waals surface area contributed by atoms with E-state index in [1.165, 1.54) is 0 Å². The molecule has 3 rings (SSSR count). The highest BCUT2D eigenvalue weighted by Crippen LogP contribution is 2.29. The van der Waals surface area contributed by atoms with E-state index in [-0.39, 0.29) is 10.0 Å². The molecule has 1 aromatic heterocycles. The van der Waals surface area contributed by atoms with Crippen LogP contribution >= 0.6 is 11.3 Å². The van der Waals surface area contributed by atoms with E-state index in [0.29, 0.717) is 11.6 Å². The zero-order chi connectivity index (χ0) is 17.5. The molecule has 0 saturated carbocycles. The van der Waals surface area contributed by atoms with E-state index in [2.05, 4.69) is 9.71 Å². The highest BCUT2D eigenvalue weighted by atomic mass is 32.2. The van der Waals surface area contributed by atoms with Gasteiger partial charge in [-0.2, -0.15) is 0 Å². The van der Waals surface area contributed by atoms with Crippen LogP contribution in [-0.2, 0) is 10.0 Å². The number of sulfonamides is 1. The predicted octanol–water partition coefficient (Wildman–Crippen LogP) is 1.91. The molecule has 0 unspecified atom stereocenters. The molecule has 0 radical (unpaired) electrons. The Kier molecular flexibility index (Phi) is 3.98. The van der Waals surface area contributed by atoms with Crippen LogP contribution in [0.25, 0.3) is 10.2 Å². The number of anilines is 1. The molecule has 0 aliphatic heterocycles. The number of nitrogens with zero attached hydrogens (tertiary/aromatic N) is 1. The number of nitrogens with one attached hydrogen (secondary N) is 1. The minimum absolute atomic E-state index is 0.138. The average Bonchev–Trinajstić information content (AvgIpc) is 2.90. The van der Waals surface area contributed by atoms with Gasteiger partial charge in [-0.1, -0.05) is 23.5 Å². The quantitative estimate of drug-likeness (QED) is 0.761. The second-order valence-corrected chi connectivity index (χ2v) is 7.69. The highest BCUT2D eigenvalue weighted by molar-refractivity contribution is 7.93. The van der Waals surface area contributed by atoms with Crippen LogP contribution in [-0.4, -0.2) is 19.4 Å². The molecule has 24 heavy (non-hydrogen) atoms. The molecule has 1 heterocycles. The summed E-state index contributed by atoms with van der Waals surface area (Å²) in [4.78, 5) is 14.7. The Morgan fingerprint density at radius 2 is 2.04 bits per heavy atom. The van der Waals surface area contributed by atoms with Gasteiger partial charge in [-0.25, -0.2) is 17.8 Å². The number of aromatic nitrogens is 1. The number of carboxylic acid groups (broad SMARTS) is 1. The number of fused-ring (bicyclic) bond motifs is 1. The molecule has 0 aliphatic rings. The maximum absolute atomic E-state index is 13.4. The van der Waals surface area contributed by atoms with Crippen LogP contribution in [0, 0.1) is 12.7 Å². The van der Waals surface area contributed by atoms with Crippen molar-refractivity contribution >= 4 is 42.7 Å². The molecule has 0 spiro atoms. The normalized spacial score (nSPS) is 11.6. The number of carboxylic acids is 1. The van der Waals surface area contributed by atoms with Gasteiger partial charge in [0, 0.05) is 5.56 Å². The number of rotatable bonds is 4. The summed E-state index contributed by atoms with van der Waals surface area (Å²) >= 11 is 1.14. The van der Waals surface area contributed by atoms with Gasteiger partial charge < -0.3 is 9.90 Å². The number of aryl methyl sites for hydroxylation is 1. The molecular formula is C15H10FN2O4S2-. The number of benzene rings is 2. The number of carbonyl (C=O) groups is 1. The van der Waals surface area contributed by atoms with Crippen molar-refractivity contribution in [3.63, 3.8) is 0 Å². The summed E-state index contributed by atoms with van der Waals surface area (Å²) in [6.07, 6.45) is 0. The Morgan fingerprint density at radius 3 is 2.71 bits per heavy atom. The molecule has 2 aromatic carbocycles. The fourth-order valence-electron chi connectivity index (χ4n) is 2.13. The van der Waals surface area contributed by atoms with E-state index in [1.807, 2.05) is 25.1 Å². The summed E-state index contributed by atoms with van der Waals surface area (Å²) < 4.78 is 41.2. The van der Waals surface area contributed by atoms with Crippen molar-refractivity contribution in [2.24, 2.45) is 0 Å². The van der Waals surface area contributed by atoms with Gasteiger partial charge in [0.05, 0.1) is 21.1 Å². The smallest absolute Gasteiger partial charge is 0.263 e. The summed E-state index contributed by atoms with van der Waals surface area (Å²) in [5.41, 5.74) is 0.753. The van der Waals surface area contributed by atoms with Crippen molar-refractivity contribution in [3.05, 3.63) is 53.3 Å². The number of halogens is 1. The molecule has 0 atom stereocenters. The van der Waals surface area contributed by atoms with Crippen LogP contribution < -0.4 is 9.83 Å². The first-order valence-corrected chi connectivity index (χ1v) is 8.98. The molecule has 0 bridgehead atoms. The second-order valence-electron chi connectivity index (χ2n) is 4.98. The van der Waals surface area contributed by atoms with Gasteiger partial charge in [0.25, 0.3) is 10.0 Å². The Morgan fingerprint density at radius 1 is 1.29 bits per heavy atom. The number of para-hydroxylation sites is 1. The van der Waals surface area contributed by atoms with Gasteiger partial charge >= 0.3 is 0 Å². The third-order valence-electron chi connectivity index (χ3n) is 3.31. The second kappa shape index (κ2) is 5.84. The minimum Gasteiger partial charge on any atom is -0.545 e. The fraction of sp³-hybridized carbons (Fsp3) is 0.0667. The SMILES string of the molecule is Cc1cccc2sc(NS(=O)(=O)c3ccc(F)c(C(=O)[O-])c3)nc12. The standard InChI is InChI=1S/C15H11FN2O4S2/c1-8-3-2-4-12-13(8)17-15(23-12)18-24(21,22)9-5-6-11(16)10(7-9)14(19)20/h2-7H,1H3,(H,17,18)(H,19,20)/p-1. The number of aromatic carboxylic acids is 1. The maximum atomic E-state index is 13.4. The van der Waals surface area contributed by atoms with Crippen LogP contribution in [0.3, 0.4) is 0 Å². The molecule has 0 aliphatic carbocycles. The monoisotopic (exact) mass is 365 g/mol. The highest BCUT2D eigenvalue weighted by Gasteiger charge is 2.19. The Bertz CT molecular complexity index is 1060. The van der Waals surface area contributed by atoms with Crippen molar-refractivity contribution in [2.45, 2.75) is 11.8 Å². The van der Waals surface area contributed by atoms with E-state index >= 15 is 0 Å². The number of hydrogen-bond donors (Lipinski definition) is 1. The van der Waals surface area contributed by atoms with Gasteiger partial charge in [-0.3, -0.25) is 4.72 Å². The third-order valence-corrected chi connectivity index (χ3v) is 5.71. The Hall–Kier alpha value is -2.52. The summed E-state index contributed by atoms with van der Waals surface area (Å²) in [5, 5.41) is 11.0. The predicted molar refractivity (Wildman–Crippen MR) is 85.9 cm³/mol. The van der Waals surface area contributed by atoms with Gasteiger partial charge in [0.1, 0.15) is 5.82 Å². The van der Waals surface area contributed by atoms with E-state index in [9.17, 15) is 22.7 Å².